The highest BCUT2D eigenvalue weighted by molar-refractivity contribution is 9.10. The molecule has 0 saturated carbocycles. The molecule has 0 radical (unpaired) electrons. The third kappa shape index (κ3) is 8.14. The monoisotopic (exact) mass is 631 g/mol. The maximum absolute atomic E-state index is 14.0. The lowest BCUT2D eigenvalue weighted by Gasteiger charge is -2.33. The molecule has 0 bridgehead atoms. The molecule has 0 aromatic heterocycles. The van der Waals surface area contributed by atoms with Gasteiger partial charge < -0.3 is 10.2 Å². The summed E-state index contributed by atoms with van der Waals surface area (Å²) in [5, 5.41) is 2.89. The lowest BCUT2D eigenvalue weighted by Crippen LogP contribution is -2.52. The first-order chi connectivity index (χ1) is 19.1. The number of carbonyl (C=O) groups excluding carboxylic acids is 2. The largest absolute Gasteiger partial charge is 0.354 e. The van der Waals surface area contributed by atoms with E-state index in [2.05, 4.69) is 21.2 Å². The molecule has 3 aromatic carbocycles. The van der Waals surface area contributed by atoms with E-state index in [9.17, 15) is 22.4 Å². The Labute approximate surface area is 244 Å². The molecular formula is C30H35BrFN3O4S. The van der Waals surface area contributed by atoms with Crippen molar-refractivity contribution in [1.29, 1.82) is 0 Å². The van der Waals surface area contributed by atoms with E-state index in [1.54, 1.807) is 55.5 Å². The Morgan fingerprint density at radius 3 is 2.15 bits per heavy atom. The van der Waals surface area contributed by atoms with E-state index in [0.717, 1.165) is 27.2 Å². The minimum Gasteiger partial charge on any atom is -0.354 e. The normalized spacial score (nSPS) is 12.0. The van der Waals surface area contributed by atoms with E-state index in [4.69, 9.17) is 0 Å². The van der Waals surface area contributed by atoms with Crippen molar-refractivity contribution >= 4 is 43.5 Å². The number of anilines is 1. The van der Waals surface area contributed by atoms with Crippen LogP contribution in [0.5, 0.6) is 0 Å². The van der Waals surface area contributed by atoms with Crippen LogP contribution >= 0.6 is 15.9 Å². The van der Waals surface area contributed by atoms with Gasteiger partial charge in [-0.1, -0.05) is 66.0 Å². The van der Waals surface area contributed by atoms with Gasteiger partial charge in [0, 0.05) is 17.6 Å². The lowest BCUT2D eigenvalue weighted by atomic mass is 10.1. The van der Waals surface area contributed by atoms with E-state index < -0.39 is 34.3 Å². The van der Waals surface area contributed by atoms with Crippen molar-refractivity contribution in [3.63, 3.8) is 0 Å². The number of aryl methyl sites for hydroxylation is 1. The van der Waals surface area contributed by atoms with Crippen LogP contribution in [0.4, 0.5) is 10.1 Å². The van der Waals surface area contributed by atoms with Crippen LogP contribution in [0.25, 0.3) is 0 Å². The third-order valence-electron chi connectivity index (χ3n) is 6.48. The van der Waals surface area contributed by atoms with Crippen LogP contribution < -0.4 is 9.62 Å². The maximum atomic E-state index is 14.0. The van der Waals surface area contributed by atoms with Crippen molar-refractivity contribution in [2.75, 3.05) is 17.4 Å². The molecule has 7 nitrogen and oxygen atoms in total. The quantitative estimate of drug-likeness (QED) is 0.241. The number of carbonyl (C=O) groups is 2. The molecule has 0 aliphatic carbocycles. The second-order valence-electron chi connectivity index (χ2n) is 9.52. The summed E-state index contributed by atoms with van der Waals surface area (Å²) in [5.74, 6) is -1.29. The minimum atomic E-state index is -4.14. The fraction of sp³-hybridized carbons (Fsp3) is 0.333. The summed E-state index contributed by atoms with van der Waals surface area (Å²) in [5.41, 5.74) is 1.82. The minimum absolute atomic E-state index is 0.0115. The molecule has 0 heterocycles. The van der Waals surface area contributed by atoms with Gasteiger partial charge >= 0.3 is 0 Å². The zero-order valence-electron chi connectivity index (χ0n) is 22.9. The number of nitrogens with one attached hydrogen (secondary N) is 1. The average molecular weight is 633 g/mol. The molecule has 0 aliphatic heterocycles. The maximum Gasteiger partial charge on any atom is 0.264 e. The van der Waals surface area contributed by atoms with E-state index in [0.29, 0.717) is 24.2 Å². The number of amides is 2. The Morgan fingerprint density at radius 2 is 1.57 bits per heavy atom. The number of hydrogen-bond acceptors (Lipinski definition) is 4. The summed E-state index contributed by atoms with van der Waals surface area (Å²) >= 11 is 3.37. The Bertz CT molecular complexity index is 1380. The standard InChI is InChI=1S/C30H35BrFN3O4S/c1-4-6-19-33-30(37)28(5-2)34(20-23-9-13-25(32)14-10-23)29(36)21-35(26-15-11-24(31)12-16-26)40(38,39)27-17-7-22(3)8-18-27/h7-18,28H,4-6,19-21H2,1-3H3,(H,33,37)/t28-/m1/s1. The molecule has 1 N–H and O–H groups in total. The van der Waals surface area contributed by atoms with E-state index in [1.807, 2.05) is 13.8 Å². The zero-order chi connectivity index (χ0) is 29.3. The average Bonchev–Trinajstić information content (AvgIpc) is 2.93. The Kier molecular flexibility index (Phi) is 11.3. The van der Waals surface area contributed by atoms with Crippen molar-refractivity contribution < 1.29 is 22.4 Å². The van der Waals surface area contributed by atoms with Crippen LogP contribution in [0.3, 0.4) is 0 Å². The molecule has 0 spiro atoms. The first kappa shape index (κ1) is 31.3. The number of hydrogen-bond donors (Lipinski definition) is 1. The highest BCUT2D eigenvalue weighted by atomic mass is 79.9. The molecule has 0 aliphatic rings. The molecule has 1 atom stereocenters. The summed E-state index contributed by atoms with van der Waals surface area (Å²) in [4.78, 5) is 28.6. The molecule has 0 saturated heterocycles. The number of unbranched alkanes of at least 4 members (excludes halogenated alkanes) is 1. The van der Waals surface area contributed by atoms with Crippen molar-refractivity contribution in [1.82, 2.24) is 10.2 Å². The molecular weight excluding hydrogens is 597 g/mol. The third-order valence-corrected chi connectivity index (χ3v) is 8.80. The van der Waals surface area contributed by atoms with Crippen molar-refractivity contribution in [2.45, 2.75) is 57.5 Å². The van der Waals surface area contributed by atoms with Gasteiger partial charge in [-0.15, -0.1) is 0 Å². The zero-order valence-corrected chi connectivity index (χ0v) is 25.3. The van der Waals surface area contributed by atoms with Crippen molar-refractivity contribution in [3.05, 3.63) is 94.2 Å². The Balaban J connectivity index is 2.02. The molecule has 0 unspecified atom stereocenters. The van der Waals surface area contributed by atoms with E-state index in [-0.39, 0.29) is 17.3 Å². The summed E-state index contributed by atoms with van der Waals surface area (Å²) in [6.45, 7) is 5.62. The van der Waals surface area contributed by atoms with E-state index in [1.165, 1.54) is 29.2 Å². The van der Waals surface area contributed by atoms with Crippen LogP contribution in [-0.2, 0) is 26.2 Å². The molecule has 3 rings (SSSR count). The molecule has 0 fully saturated rings. The first-order valence-electron chi connectivity index (χ1n) is 13.2. The molecule has 40 heavy (non-hydrogen) atoms. The summed E-state index contributed by atoms with van der Waals surface area (Å²) in [7, 11) is -4.14. The summed E-state index contributed by atoms with van der Waals surface area (Å²) < 4.78 is 43.1. The fourth-order valence-electron chi connectivity index (χ4n) is 4.19. The van der Waals surface area contributed by atoms with Crippen LogP contribution in [0, 0.1) is 12.7 Å². The number of sulfonamides is 1. The molecule has 3 aromatic rings. The Morgan fingerprint density at radius 1 is 0.950 bits per heavy atom. The summed E-state index contributed by atoms with van der Waals surface area (Å²) in [6.07, 6.45) is 2.00. The van der Waals surface area contributed by atoms with Gasteiger partial charge in [0.1, 0.15) is 18.4 Å². The number of benzene rings is 3. The highest BCUT2D eigenvalue weighted by Crippen LogP contribution is 2.26. The number of halogens is 2. The topological polar surface area (TPSA) is 86.8 Å². The van der Waals surface area contributed by atoms with Gasteiger partial charge in [-0.25, -0.2) is 12.8 Å². The fourth-order valence-corrected chi connectivity index (χ4v) is 5.86. The Hall–Kier alpha value is -3.24. The van der Waals surface area contributed by atoms with E-state index >= 15 is 0 Å². The molecule has 2 amide bonds. The lowest BCUT2D eigenvalue weighted by molar-refractivity contribution is -0.140. The van der Waals surface area contributed by atoms with Crippen LogP contribution in [0.1, 0.15) is 44.2 Å². The van der Waals surface area contributed by atoms with Gasteiger partial charge in [-0.2, -0.15) is 0 Å². The number of nitrogens with zero attached hydrogens (tertiary/aromatic N) is 2. The highest BCUT2D eigenvalue weighted by Gasteiger charge is 2.33. The SMILES string of the molecule is CCCCNC(=O)[C@@H](CC)N(Cc1ccc(F)cc1)C(=O)CN(c1ccc(Br)cc1)S(=O)(=O)c1ccc(C)cc1. The second-order valence-corrected chi connectivity index (χ2v) is 12.3. The predicted octanol–water partition coefficient (Wildman–Crippen LogP) is 5.82. The first-order valence-corrected chi connectivity index (χ1v) is 15.5. The second kappa shape index (κ2) is 14.4. The predicted molar refractivity (Wildman–Crippen MR) is 159 cm³/mol. The number of rotatable bonds is 13. The van der Waals surface area contributed by atoms with Crippen molar-refractivity contribution in [3.8, 4) is 0 Å². The molecule has 10 heteroatoms. The van der Waals surface area contributed by atoms with Crippen LogP contribution in [0.2, 0.25) is 0 Å². The smallest absolute Gasteiger partial charge is 0.264 e. The summed E-state index contributed by atoms with van der Waals surface area (Å²) in [6, 6.07) is 17.9. The van der Waals surface area contributed by atoms with Crippen LogP contribution in [-0.4, -0.2) is 44.3 Å². The molecule has 214 valence electrons. The van der Waals surface area contributed by atoms with Gasteiger partial charge in [0.15, 0.2) is 0 Å². The van der Waals surface area contributed by atoms with Gasteiger partial charge in [0.25, 0.3) is 10.0 Å². The van der Waals surface area contributed by atoms with Crippen molar-refractivity contribution in [2.24, 2.45) is 0 Å². The van der Waals surface area contributed by atoms with Gasteiger partial charge in [0.05, 0.1) is 10.6 Å². The van der Waals surface area contributed by atoms with Gasteiger partial charge in [-0.3, -0.25) is 13.9 Å². The van der Waals surface area contributed by atoms with Crippen LogP contribution in [0.15, 0.2) is 82.2 Å². The van der Waals surface area contributed by atoms with Gasteiger partial charge in [0.2, 0.25) is 11.8 Å². The van der Waals surface area contributed by atoms with Gasteiger partial charge in [-0.05, 0) is 73.9 Å².